The molecule has 0 saturated heterocycles. The first-order valence-corrected chi connectivity index (χ1v) is 12.9. The van der Waals surface area contributed by atoms with E-state index >= 15 is 0 Å². The van der Waals surface area contributed by atoms with Crippen LogP contribution in [0.3, 0.4) is 0 Å². The number of rotatable bonds is 4. The molecule has 0 N–H and O–H groups in total. The third kappa shape index (κ3) is 4.22. The van der Waals surface area contributed by atoms with Crippen molar-refractivity contribution < 1.29 is 0 Å². The SMILES string of the molecule is CN1CCc2c(sc3nc(SCc4ccc(Br)cc4)n(-c4cccc(Cl)c4)c(=O)c23)C1. The highest BCUT2D eigenvalue weighted by atomic mass is 79.9. The van der Waals surface area contributed by atoms with Gasteiger partial charge in [0.05, 0.1) is 11.1 Å². The molecule has 158 valence electrons. The summed E-state index contributed by atoms with van der Waals surface area (Å²) in [6, 6.07) is 15.6. The van der Waals surface area contributed by atoms with Crippen LogP contribution in [0.4, 0.5) is 0 Å². The van der Waals surface area contributed by atoms with E-state index in [0.29, 0.717) is 10.2 Å². The topological polar surface area (TPSA) is 38.1 Å². The number of thioether (sulfide) groups is 1. The predicted octanol–water partition coefficient (Wildman–Crippen LogP) is 6.14. The number of aromatic nitrogens is 2. The van der Waals surface area contributed by atoms with Crippen molar-refractivity contribution in [3.63, 3.8) is 0 Å². The molecule has 0 aliphatic carbocycles. The number of benzene rings is 2. The Balaban J connectivity index is 1.66. The van der Waals surface area contributed by atoms with Gasteiger partial charge >= 0.3 is 0 Å². The molecule has 0 radical (unpaired) electrons. The Labute approximate surface area is 202 Å². The Bertz CT molecular complexity index is 1330. The quantitative estimate of drug-likeness (QED) is 0.234. The maximum Gasteiger partial charge on any atom is 0.267 e. The van der Waals surface area contributed by atoms with Crippen LogP contribution in [-0.2, 0) is 18.7 Å². The van der Waals surface area contributed by atoms with E-state index in [2.05, 4.69) is 40.0 Å². The van der Waals surface area contributed by atoms with Crippen LogP contribution in [0.5, 0.6) is 0 Å². The summed E-state index contributed by atoms with van der Waals surface area (Å²) in [4.78, 5) is 23.1. The first-order valence-electron chi connectivity index (χ1n) is 9.88. The number of fused-ring (bicyclic) bond motifs is 3. The van der Waals surface area contributed by atoms with Gasteiger partial charge in [-0.05, 0) is 54.9 Å². The van der Waals surface area contributed by atoms with E-state index in [-0.39, 0.29) is 5.56 Å². The second-order valence-electron chi connectivity index (χ2n) is 7.60. The lowest BCUT2D eigenvalue weighted by Gasteiger charge is -2.21. The molecule has 5 rings (SSSR count). The average Bonchev–Trinajstić information content (AvgIpc) is 3.11. The fourth-order valence-electron chi connectivity index (χ4n) is 3.82. The number of likely N-dealkylation sites (N-methyl/N-ethyl adjacent to an activating group) is 1. The molecule has 0 spiro atoms. The summed E-state index contributed by atoms with van der Waals surface area (Å²) in [5, 5.41) is 2.05. The molecule has 0 saturated carbocycles. The van der Waals surface area contributed by atoms with Crippen LogP contribution in [0.1, 0.15) is 16.0 Å². The molecule has 2 aromatic carbocycles. The Kier molecular flexibility index (Phi) is 5.96. The summed E-state index contributed by atoms with van der Waals surface area (Å²) in [7, 11) is 2.12. The highest BCUT2D eigenvalue weighted by Gasteiger charge is 2.24. The zero-order valence-corrected chi connectivity index (χ0v) is 20.7. The largest absolute Gasteiger partial charge is 0.301 e. The smallest absolute Gasteiger partial charge is 0.267 e. The number of hydrogen-bond donors (Lipinski definition) is 0. The van der Waals surface area contributed by atoms with E-state index in [0.717, 1.165) is 51.2 Å². The fraction of sp³-hybridized carbons (Fsp3) is 0.217. The summed E-state index contributed by atoms with van der Waals surface area (Å²) in [6.45, 7) is 1.82. The number of hydrogen-bond acceptors (Lipinski definition) is 5. The Morgan fingerprint density at radius 1 is 1.23 bits per heavy atom. The zero-order chi connectivity index (χ0) is 21.5. The monoisotopic (exact) mass is 531 g/mol. The first kappa shape index (κ1) is 21.2. The Morgan fingerprint density at radius 2 is 2.03 bits per heavy atom. The van der Waals surface area contributed by atoms with Gasteiger partial charge in [-0.25, -0.2) is 4.98 Å². The molecular formula is C23H19BrClN3OS2. The molecule has 1 aliphatic heterocycles. The highest BCUT2D eigenvalue weighted by Crippen LogP contribution is 2.34. The van der Waals surface area contributed by atoms with Crippen LogP contribution in [0.15, 0.2) is 63.0 Å². The molecule has 0 amide bonds. The van der Waals surface area contributed by atoms with Crippen LogP contribution in [-0.4, -0.2) is 28.0 Å². The van der Waals surface area contributed by atoms with Gasteiger partial charge in [-0.3, -0.25) is 9.36 Å². The third-order valence-electron chi connectivity index (χ3n) is 5.38. The van der Waals surface area contributed by atoms with Crippen molar-refractivity contribution in [2.45, 2.75) is 23.9 Å². The van der Waals surface area contributed by atoms with Gasteiger partial charge in [-0.15, -0.1) is 11.3 Å². The molecule has 2 aromatic heterocycles. The van der Waals surface area contributed by atoms with E-state index in [9.17, 15) is 4.79 Å². The molecule has 4 aromatic rings. The molecule has 3 heterocycles. The van der Waals surface area contributed by atoms with Crippen molar-refractivity contribution in [1.29, 1.82) is 0 Å². The van der Waals surface area contributed by atoms with Gasteiger partial charge in [0.2, 0.25) is 0 Å². The molecule has 1 aliphatic rings. The van der Waals surface area contributed by atoms with E-state index in [1.807, 2.05) is 36.4 Å². The molecule has 0 bridgehead atoms. The summed E-state index contributed by atoms with van der Waals surface area (Å²) in [5.41, 5.74) is 3.08. The van der Waals surface area contributed by atoms with Gasteiger partial charge in [0.1, 0.15) is 4.83 Å². The van der Waals surface area contributed by atoms with Gasteiger partial charge in [0.25, 0.3) is 5.56 Å². The molecule has 8 heteroatoms. The van der Waals surface area contributed by atoms with Crippen LogP contribution in [0.2, 0.25) is 5.02 Å². The average molecular weight is 533 g/mol. The lowest BCUT2D eigenvalue weighted by Crippen LogP contribution is -2.27. The molecule has 0 fully saturated rings. The van der Waals surface area contributed by atoms with Gasteiger partial charge in [0, 0.05) is 33.2 Å². The summed E-state index contributed by atoms with van der Waals surface area (Å²) in [6.07, 6.45) is 0.879. The maximum absolute atomic E-state index is 13.8. The lowest BCUT2D eigenvalue weighted by atomic mass is 10.1. The van der Waals surface area contributed by atoms with E-state index in [1.165, 1.54) is 10.4 Å². The Morgan fingerprint density at radius 3 is 2.81 bits per heavy atom. The van der Waals surface area contributed by atoms with Crippen molar-refractivity contribution in [3.8, 4) is 5.69 Å². The molecule has 0 unspecified atom stereocenters. The molecular weight excluding hydrogens is 514 g/mol. The van der Waals surface area contributed by atoms with Gasteiger partial charge in [-0.2, -0.15) is 0 Å². The molecule has 0 atom stereocenters. The number of nitrogens with zero attached hydrogens (tertiary/aromatic N) is 3. The Hall–Kier alpha value is -1.64. The van der Waals surface area contributed by atoms with Gasteiger partial charge in [0.15, 0.2) is 5.16 Å². The minimum atomic E-state index is -0.00683. The minimum Gasteiger partial charge on any atom is -0.301 e. The standard InChI is InChI=1S/C23H19BrClN3OS2/c1-27-10-9-18-19(12-27)31-21-20(18)22(29)28(17-4-2-3-16(25)11-17)23(26-21)30-13-14-5-7-15(24)8-6-14/h2-8,11H,9-10,12-13H2,1H3. The van der Waals surface area contributed by atoms with E-state index in [4.69, 9.17) is 16.6 Å². The fourth-order valence-corrected chi connectivity index (χ4v) is 6.58. The molecule has 4 nitrogen and oxygen atoms in total. The van der Waals surface area contributed by atoms with Crippen molar-refractivity contribution in [2.24, 2.45) is 0 Å². The van der Waals surface area contributed by atoms with Crippen LogP contribution in [0, 0.1) is 0 Å². The number of halogens is 2. The van der Waals surface area contributed by atoms with Gasteiger partial charge in [-0.1, -0.05) is 57.5 Å². The second kappa shape index (κ2) is 8.71. The van der Waals surface area contributed by atoms with Crippen LogP contribution < -0.4 is 5.56 Å². The van der Waals surface area contributed by atoms with Crippen molar-refractivity contribution >= 4 is 60.8 Å². The third-order valence-corrected chi connectivity index (χ3v) is 8.27. The van der Waals surface area contributed by atoms with E-state index in [1.54, 1.807) is 27.7 Å². The van der Waals surface area contributed by atoms with Crippen LogP contribution in [0.25, 0.3) is 15.9 Å². The van der Waals surface area contributed by atoms with Crippen molar-refractivity contribution in [3.05, 3.63) is 84.4 Å². The highest BCUT2D eigenvalue weighted by molar-refractivity contribution is 9.10. The zero-order valence-electron chi connectivity index (χ0n) is 16.8. The maximum atomic E-state index is 13.8. The van der Waals surface area contributed by atoms with Crippen LogP contribution >= 0.6 is 50.6 Å². The van der Waals surface area contributed by atoms with Crippen molar-refractivity contribution in [2.75, 3.05) is 13.6 Å². The lowest BCUT2D eigenvalue weighted by molar-refractivity contribution is 0.318. The summed E-state index contributed by atoms with van der Waals surface area (Å²) in [5.74, 6) is 0.722. The normalized spacial score (nSPS) is 14.2. The molecule has 31 heavy (non-hydrogen) atoms. The number of thiophene rings is 1. The van der Waals surface area contributed by atoms with E-state index < -0.39 is 0 Å². The second-order valence-corrected chi connectivity index (χ2v) is 11.0. The summed E-state index contributed by atoms with van der Waals surface area (Å²) < 4.78 is 2.77. The first-order chi connectivity index (χ1) is 15.0. The predicted molar refractivity (Wildman–Crippen MR) is 134 cm³/mol. The minimum absolute atomic E-state index is 0.00683. The van der Waals surface area contributed by atoms with Gasteiger partial charge < -0.3 is 4.90 Å². The summed E-state index contributed by atoms with van der Waals surface area (Å²) >= 11 is 13.0. The van der Waals surface area contributed by atoms with Crippen molar-refractivity contribution in [1.82, 2.24) is 14.5 Å².